The van der Waals surface area contributed by atoms with Crippen molar-refractivity contribution in [2.75, 3.05) is 49.8 Å². The average molecular weight is 691 g/mol. The van der Waals surface area contributed by atoms with Crippen LogP contribution in [0.1, 0.15) is 53.3 Å². The molecule has 0 N–H and O–H groups in total. The monoisotopic (exact) mass is 690 g/mol. The normalized spacial score (nSPS) is 17.4. The van der Waals surface area contributed by atoms with Crippen LogP contribution >= 0.6 is 0 Å². The van der Waals surface area contributed by atoms with Crippen molar-refractivity contribution in [1.29, 1.82) is 0 Å². The van der Waals surface area contributed by atoms with Crippen molar-refractivity contribution in [1.82, 2.24) is 9.80 Å². The van der Waals surface area contributed by atoms with Crippen molar-refractivity contribution in [2.45, 2.75) is 58.8 Å². The molecule has 2 heterocycles. The fourth-order valence-corrected chi connectivity index (χ4v) is 7.11. The number of methoxy groups -OCH3 is 7. The largest absolute Gasteiger partial charge is 0.497 e. The minimum absolute atomic E-state index is 0.160. The van der Waals surface area contributed by atoms with Crippen molar-refractivity contribution >= 4 is 18.1 Å². The van der Waals surface area contributed by atoms with Crippen LogP contribution in [0.25, 0.3) is 6.08 Å². The molecule has 3 aromatic rings. The van der Waals surface area contributed by atoms with E-state index in [1.807, 2.05) is 44.2 Å². The number of fused-ring (bicyclic) bond motifs is 4. The molecular formula is C38H46N2O10. The van der Waals surface area contributed by atoms with Crippen LogP contribution in [-0.4, -0.2) is 83.7 Å². The number of piperazine rings is 1. The van der Waals surface area contributed by atoms with Crippen molar-refractivity contribution < 1.29 is 47.5 Å². The van der Waals surface area contributed by atoms with E-state index >= 15 is 0 Å². The maximum atomic E-state index is 14.9. The first-order valence-corrected chi connectivity index (χ1v) is 16.3. The van der Waals surface area contributed by atoms with Gasteiger partial charge in [-0.2, -0.15) is 0 Å². The Morgan fingerprint density at radius 3 is 1.94 bits per heavy atom. The van der Waals surface area contributed by atoms with Crippen LogP contribution in [0.5, 0.6) is 40.2 Å². The van der Waals surface area contributed by atoms with E-state index in [1.165, 1.54) is 4.90 Å². The van der Waals surface area contributed by atoms with Crippen molar-refractivity contribution in [3.63, 3.8) is 0 Å². The molecule has 1 saturated heterocycles. The van der Waals surface area contributed by atoms with Gasteiger partial charge in [0.15, 0.2) is 23.0 Å². The van der Waals surface area contributed by atoms with E-state index in [0.717, 1.165) is 11.1 Å². The molecule has 0 unspecified atom stereocenters. The Labute approximate surface area is 293 Å². The number of amides is 2. The lowest BCUT2D eigenvalue weighted by Gasteiger charge is -2.51. The maximum Gasteiger partial charge on any atom is 0.411 e. The van der Waals surface area contributed by atoms with Crippen LogP contribution < -0.4 is 33.2 Å². The molecule has 3 aromatic carbocycles. The molecule has 2 amide bonds. The molecule has 2 bridgehead atoms. The Bertz CT molecular complexity index is 1800. The first-order valence-electron chi connectivity index (χ1n) is 16.3. The Balaban J connectivity index is 1.90. The summed E-state index contributed by atoms with van der Waals surface area (Å²) < 4.78 is 46.5. The lowest BCUT2D eigenvalue weighted by Crippen LogP contribution is -2.61. The smallest absolute Gasteiger partial charge is 0.411 e. The topological polar surface area (TPSA) is 114 Å². The molecule has 2 aliphatic rings. The molecule has 1 fully saturated rings. The third-order valence-corrected chi connectivity index (χ3v) is 9.20. The molecule has 5 rings (SSSR count). The average Bonchev–Trinajstić information content (AvgIpc) is 3.10. The number of hydrogen-bond donors (Lipinski definition) is 0. The summed E-state index contributed by atoms with van der Waals surface area (Å²) >= 11 is 0. The summed E-state index contributed by atoms with van der Waals surface area (Å²) in [6.45, 7) is 7.48. The molecule has 50 heavy (non-hydrogen) atoms. The number of hydrogen-bond acceptors (Lipinski definition) is 10. The number of carbonyl (C=O) groups is 2. The second-order valence-corrected chi connectivity index (χ2v) is 12.3. The lowest BCUT2D eigenvalue weighted by molar-refractivity contribution is -0.141. The molecule has 12 heteroatoms. The minimum Gasteiger partial charge on any atom is -0.497 e. The third kappa shape index (κ3) is 6.07. The number of carbonyl (C=O) groups excluding carboxylic acids is 2. The van der Waals surface area contributed by atoms with Gasteiger partial charge >= 0.3 is 6.09 Å². The zero-order chi connectivity index (χ0) is 36.4. The van der Waals surface area contributed by atoms with Crippen LogP contribution in [0.2, 0.25) is 0 Å². The van der Waals surface area contributed by atoms with Gasteiger partial charge in [0.2, 0.25) is 5.91 Å². The summed E-state index contributed by atoms with van der Waals surface area (Å²) in [6.07, 6.45) is 0.923. The zero-order valence-electron chi connectivity index (χ0n) is 30.6. The Kier molecular flexibility index (Phi) is 10.6. The van der Waals surface area contributed by atoms with Crippen molar-refractivity contribution in [3.8, 4) is 40.2 Å². The molecule has 268 valence electrons. The lowest BCUT2D eigenvalue weighted by atomic mass is 9.80. The van der Waals surface area contributed by atoms with E-state index in [9.17, 15) is 9.59 Å². The molecule has 12 nitrogen and oxygen atoms in total. The van der Waals surface area contributed by atoms with Crippen LogP contribution in [0.3, 0.4) is 0 Å². The molecule has 0 saturated carbocycles. The standard InChI is InChI=1S/C38H46N2O10/c1-20(2)50-38(42)40-28-18-26-30(36(49-11)35(48-10)22(4)33(26)46-8)31(40)27(39(37(28)41)19-23-12-14-25(43-5)15-13-23)16-24-17-29(44-6)34(47-9)21(3)32(24)45-7/h12-17,20,28,31H,18-19H2,1-11H3/t28-,31-/m0/s1. The van der Waals surface area contributed by atoms with Crippen molar-refractivity contribution in [2.24, 2.45) is 0 Å². The van der Waals surface area contributed by atoms with Gasteiger partial charge in [0.05, 0.1) is 62.4 Å². The summed E-state index contributed by atoms with van der Waals surface area (Å²) in [5.41, 5.74) is 4.69. The molecule has 0 radical (unpaired) electrons. The van der Waals surface area contributed by atoms with E-state index in [2.05, 4.69) is 0 Å². The minimum atomic E-state index is -0.922. The number of nitrogens with zero attached hydrogens (tertiary/aromatic N) is 2. The van der Waals surface area contributed by atoms with Gasteiger partial charge in [-0.15, -0.1) is 0 Å². The number of benzene rings is 3. The van der Waals surface area contributed by atoms with Crippen molar-refractivity contribution in [3.05, 3.63) is 69.4 Å². The van der Waals surface area contributed by atoms with E-state index in [0.29, 0.717) is 68.2 Å². The van der Waals surface area contributed by atoms with Gasteiger partial charge in [0, 0.05) is 39.9 Å². The van der Waals surface area contributed by atoms with Crippen LogP contribution in [0, 0.1) is 13.8 Å². The number of ether oxygens (including phenoxy) is 8. The first-order chi connectivity index (χ1) is 24.0. The maximum absolute atomic E-state index is 14.9. The zero-order valence-corrected chi connectivity index (χ0v) is 30.6. The van der Waals surface area contributed by atoms with E-state index in [-0.39, 0.29) is 18.9 Å². The summed E-state index contributed by atoms with van der Waals surface area (Å²) in [4.78, 5) is 32.3. The molecule has 2 atom stereocenters. The first kappa shape index (κ1) is 36.0. The fourth-order valence-electron chi connectivity index (χ4n) is 7.11. The summed E-state index contributed by atoms with van der Waals surface area (Å²) in [6, 6.07) is 7.48. The highest BCUT2D eigenvalue weighted by atomic mass is 16.6. The molecular weight excluding hydrogens is 644 g/mol. The fraction of sp³-hybridized carbons (Fsp3) is 0.421. The van der Waals surface area contributed by atoms with Gasteiger partial charge in [-0.05, 0) is 57.5 Å². The molecule has 0 spiro atoms. The molecule has 0 aromatic heterocycles. The van der Waals surface area contributed by atoms with Gasteiger partial charge in [0.25, 0.3) is 0 Å². The Morgan fingerprint density at radius 2 is 1.40 bits per heavy atom. The van der Waals surface area contributed by atoms with Crippen LogP contribution in [0.4, 0.5) is 4.79 Å². The van der Waals surface area contributed by atoms with Crippen LogP contribution in [-0.2, 0) is 22.5 Å². The van der Waals surface area contributed by atoms with Crippen LogP contribution in [0.15, 0.2) is 36.0 Å². The van der Waals surface area contributed by atoms with E-state index < -0.39 is 24.3 Å². The SMILES string of the molecule is COc1ccc(CN2C(=O)[C@@H]3Cc4c(OC)c(C)c(OC)c(OC)c4[C@H](C2=Cc2cc(OC)c(OC)c(C)c2OC)N3C(=O)OC(C)C)cc1. The predicted octanol–water partition coefficient (Wildman–Crippen LogP) is 6.26. The second-order valence-electron chi connectivity index (χ2n) is 12.3. The van der Waals surface area contributed by atoms with Gasteiger partial charge in [0.1, 0.15) is 29.3 Å². The quantitative estimate of drug-likeness (QED) is 0.228. The van der Waals surface area contributed by atoms with E-state index in [4.69, 9.17) is 37.9 Å². The van der Waals surface area contributed by atoms with Gasteiger partial charge in [-0.25, -0.2) is 4.79 Å². The van der Waals surface area contributed by atoms with Gasteiger partial charge in [-0.3, -0.25) is 9.69 Å². The third-order valence-electron chi connectivity index (χ3n) is 9.20. The van der Waals surface area contributed by atoms with Gasteiger partial charge in [-0.1, -0.05) is 12.1 Å². The highest BCUT2D eigenvalue weighted by Gasteiger charge is 2.54. The summed E-state index contributed by atoms with van der Waals surface area (Å²) in [7, 11) is 11.0. The second kappa shape index (κ2) is 14.7. The summed E-state index contributed by atoms with van der Waals surface area (Å²) in [5.74, 6) is 3.32. The highest BCUT2D eigenvalue weighted by Crippen LogP contribution is 2.55. The van der Waals surface area contributed by atoms with E-state index in [1.54, 1.807) is 74.6 Å². The molecule has 2 aliphatic heterocycles. The van der Waals surface area contributed by atoms with Gasteiger partial charge < -0.3 is 42.8 Å². The number of rotatable bonds is 11. The highest BCUT2D eigenvalue weighted by molar-refractivity contribution is 5.93. The predicted molar refractivity (Wildman–Crippen MR) is 187 cm³/mol. The molecule has 0 aliphatic carbocycles. The Morgan fingerprint density at radius 1 is 0.800 bits per heavy atom. The Hall–Kier alpha value is -5.26. The summed E-state index contributed by atoms with van der Waals surface area (Å²) in [5, 5.41) is 0.